The summed E-state index contributed by atoms with van der Waals surface area (Å²) in [4.78, 5) is 12.6. The average Bonchev–Trinajstić information content (AvgIpc) is 2.83. The van der Waals surface area contributed by atoms with Crippen molar-refractivity contribution in [3.63, 3.8) is 0 Å². The molecular weight excluding hydrogens is 501 g/mol. The van der Waals surface area contributed by atoms with Crippen LogP contribution in [0.2, 0.25) is 0 Å². The molecule has 194 valence electrons. The van der Waals surface area contributed by atoms with Gasteiger partial charge in [-0.05, 0) is 64.9 Å². The molecule has 0 saturated carbocycles. The van der Waals surface area contributed by atoms with Crippen molar-refractivity contribution in [3.05, 3.63) is 82.9 Å². The van der Waals surface area contributed by atoms with Gasteiger partial charge in [0.2, 0.25) is 5.91 Å². The molecule has 3 aromatic rings. The fraction of sp³-hybridized carbons (Fsp3) is 0.286. The molecule has 1 amide bonds. The standard InChI is InChI=1S/C28H27F3N2O3S/c1-4-37(35,36)24-10-5-19(6-11-24)14-27(34)33-23-9-12-25(26(16-23)28(29,30)31)21-8-7-20(13-18(2)3)22(15-21)17-32/h5-12,15-16,18H,4,13-14H2,1-3H3,(H,33,34). The first kappa shape index (κ1) is 27.9. The van der Waals surface area contributed by atoms with Gasteiger partial charge in [0.05, 0.1) is 34.3 Å². The predicted octanol–water partition coefficient (Wildman–Crippen LogP) is 6.42. The van der Waals surface area contributed by atoms with Gasteiger partial charge in [0.1, 0.15) is 0 Å². The Morgan fingerprint density at radius 3 is 2.27 bits per heavy atom. The first-order chi connectivity index (χ1) is 17.3. The van der Waals surface area contributed by atoms with E-state index in [0.717, 1.165) is 11.6 Å². The zero-order valence-electron chi connectivity index (χ0n) is 20.7. The average molecular weight is 529 g/mol. The molecule has 0 aliphatic carbocycles. The van der Waals surface area contributed by atoms with Crippen LogP contribution >= 0.6 is 0 Å². The number of sulfone groups is 1. The van der Waals surface area contributed by atoms with E-state index in [0.29, 0.717) is 17.5 Å². The SMILES string of the molecule is CCS(=O)(=O)c1ccc(CC(=O)Nc2ccc(-c3ccc(CC(C)C)c(C#N)c3)c(C(F)(F)F)c2)cc1. The van der Waals surface area contributed by atoms with Gasteiger partial charge in [-0.1, -0.05) is 51.1 Å². The van der Waals surface area contributed by atoms with Crippen molar-refractivity contribution in [2.75, 3.05) is 11.1 Å². The van der Waals surface area contributed by atoms with Crippen LogP contribution in [0.25, 0.3) is 11.1 Å². The maximum Gasteiger partial charge on any atom is 0.417 e. The minimum absolute atomic E-state index is 0.0248. The first-order valence-electron chi connectivity index (χ1n) is 11.7. The summed E-state index contributed by atoms with van der Waals surface area (Å²) < 4.78 is 65.8. The maximum atomic E-state index is 14.0. The molecule has 0 radical (unpaired) electrons. The van der Waals surface area contributed by atoms with Gasteiger partial charge < -0.3 is 5.32 Å². The lowest BCUT2D eigenvalue weighted by Crippen LogP contribution is -2.16. The van der Waals surface area contributed by atoms with Crippen molar-refractivity contribution in [3.8, 4) is 17.2 Å². The van der Waals surface area contributed by atoms with Gasteiger partial charge in [-0.25, -0.2) is 8.42 Å². The van der Waals surface area contributed by atoms with Crippen molar-refractivity contribution in [2.24, 2.45) is 5.92 Å². The van der Waals surface area contributed by atoms with Crippen LogP contribution in [0, 0.1) is 17.2 Å². The van der Waals surface area contributed by atoms with Gasteiger partial charge in [0.15, 0.2) is 9.84 Å². The van der Waals surface area contributed by atoms with Crippen molar-refractivity contribution >= 4 is 21.4 Å². The van der Waals surface area contributed by atoms with Gasteiger partial charge in [-0.3, -0.25) is 4.79 Å². The third-order valence-corrected chi connectivity index (χ3v) is 7.56. The molecule has 1 N–H and O–H groups in total. The number of hydrogen-bond donors (Lipinski definition) is 1. The molecule has 37 heavy (non-hydrogen) atoms. The van der Waals surface area contributed by atoms with Crippen LogP contribution in [0.5, 0.6) is 0 Å². The lowest BCUT2D eigenvalue weighted by atomic mass is 9.92. The number of carbonyl (C=O) groups excluding carboxylic acids is 1. The van der Waals surface area contributed by atoms with Crippen LogP contribution in [0.1, 0.15) is 43.0 Å². The van der Waals surface area contributed by atoms with E-state index in [1.165, 1.54) is 49.4 Å². The summed E-state index contributed by atoms with van der Waals surface area (Å²) in [6.45, 7) is 5.52. The smallest absolute Gasteiger partial charge is 0.326 e. The lowest BCUT2D eigenvalue weighted by molar-refractivity contribution is -0.137. The number of benzene rings is 3. The molecule has 9 heteroatoms. The summed E-state index contributed by atoms with van der Waals surface area (Å²) in [7, 11) is -3.38. The number of alkyl halides is 3. The number of nitrogens with zero attached hydrogens (tertiary/aromatic N) is 1. The molecule has 0 aliphatic heterocycles. The van der Waals surface area contributed by atoms with Gasteiger partial charge in [0, 0.05) is 5.69 Å². The molecule has 0 unspecified atom stereocenters. The highest BCUT2D eigenvalue weighted by molar-refractivity contribution is 7.91. The minimum Gasteiger partial charge on any atom is -0.326 e. The highest BCUT2D eigenvalue weighted by Gasteiger charge is 2.34. The second-order valence-corrected chi connectivity index (χ2v) is 11.4. The Balaban J connectivity index is 1.85. The van der Waals surface area contributed by atoms with Crippen molar-refractivity contribution in [1.29, 1.82) is 5.26 Å². The third-order valence-electron chi connectivity index (χ3n) is 5.81. The number of nitrogens with one attached hydrogen (secondary N) is 1. The van der Waals surface area contributed by atoms with Crippen LogP contribution in [-0.2, 0) is 33.6 Å². The third kappa shape index (κ3) is 6.98. The number of carbonyl (C=O) groups is 1. The minimum atomic E-state index is -4.69. The maximum absolute atomic E-state index is 14.0. The van der Waals surface area contributed by atoms with Gasteiger partial charge in [-0.15, -0.1) is 0 Å². The molecule has 0 saturated heterocycles. The number of rotatable bonds is 8. The molecular formula is C28H27F3N2O3S. The predicted molar refractivity (Wildman–Crippen MR) is 137 cm³/mol. The van der Waals surface area contributed by atoms with E-state index in [4.69, 9.17) is 0 Å². The van der Waals surface area contributed by atoms with E-state index >= 15 is 0 Å². The van der Waals surface area contributed by atoms with Crippen molar-refractivity contribution < 1.29 is 26.4 Å². The van der Waals surface area contributed by atoms with E-state index in [9.17, 15) is 31.6 Å². The Labute approximate surface area is 214 Å². The summed E-state index contributed by atoms with van der Waals surface area (Å²) in [5.74, 6) is -0.310. The Bertz CT molecular complexity index is 1440. The molecule has 0 fully saturated rings. The van der Waals surface area contributed by atoms with E-state index in [1.54, 1.807) is 12.1 Å². The van der Waals surface area contributed by atoms with Gasteiger partial charge in [0.25, 0.3) is 0 Å². The molecule has 0 aliphatic rings. The molecule has 0 spiro atoms. The molecule has 3 aromatic carbocycles. The number of amides is 1. The van der Waals surface area contributed by atoms with Crippen molar-refractivity contribution in [2.45, 2.75) is 44.7 Å². The highest BCUT2D eigenvalue weighted by atomic mass is 32.2. The summed E-state index contributed by atoms with van der Waals surface area (Å²) in [5, 5.41) is 12.0. The summed E-state index contributed by atoms with van der Waals surface area (Å²) in [6, 6.07) is 16.1. The van der Waals surface area contributed by atoms with E-state index in [1.807, 2.05) is 13.8 Å². The fourth-order valence-corrected chi connectivity index (χ4v) is 4.83. The van der Waals surface area contributed by atoms with E-state index < -0.39 is 27.5 Å². The van der Waals surface area contributed by atoms with Crippen LogP contribution in [0.4, 0.5) is 18.9 Å². The summed E-state index contributed by atoms with van der Waals surface area (Å²) >= 11 is 0. The summed E-state index contributed by atoms with van der Waals surface area (Å²) in [6.07, 6.45) is -4.20. The lowest BCUT2D eigenvalue weighted by Gasteiger charge is -2.16. The molecule has 5 nitrogen and oxygen atoms in total. The zero-order chi connectivity index (χ0) is 27.4. The normalized spacial score (nSPS) is 11.8. The van der Waals surface area contributed by atoms with Crippen LogP contribution in [0.3, 0.4) is 0 Å². The van der Waals surface area contributed by atoms with Gasteiger partial charge in [-0.2, -0.15) is 18.4 Å². The molecule has 0 bridgehead atoms. The first-order valence-corrected chi connectivity index (χ1v) is 13.4. The second kappa shape index (κ2) is 11.2. The van der Waals surface area contributed by atoms with E-state index in [-0.39, 0.29) is 39.8 Å². The largest absolute Gasteiger partial charge is 0.417 e. The molecule has 0 heterocycles. The Kier molecular flexibility index (Phi) is 8.44. The van der Waals surface area contributed by atoms with Crippen LogP contribution < -0.4 is 5.32 Å². The zero-order valence-corrected chi connectivity index (χ0v) is 21.5. The second-order valence-electron chi connectivity index (χ2n) is 9.11. The highest BCUT2D eigenvalue weighted by Crippen LogP contribution is 2.39. The quantitative estimate of drug-likeness (QED) is 0.366. The van der Waals surface area contributed by atoms with E-state index in [2.05, 4.69) is 11.4 Å². The Morgan fingerprint density at radius 2 is 1.70 bits per heavy atom. The fourth-order valence-electron chi connectivity index (χ4n) is 3.95. The monoisotopic (exact) mass is 528 g/mol. The van der Waals surface area contributed by atoms with Crippen molar-refractivity contribution in [1.82, 2.24) is 0 Å². The topological polar surface area (TPSA) is 87.0 Å². The molecule has 0 atom stereocenters. The number of halogens is 3. The van der Waals surface area contributed by atoms with Gasteiger partial charge >= 0.3 is 6.18 Å². The van der Waals surface area contributed by atoms with Crippen LogP contribution in [-0.4, -0.2) is 20.1 Å². The Hall–Kier alpha value is -3.64. The molecule has 3 rings (SSSR count). The number of hydrogen-bond acceptors (Lipinski definition) is 4. The number of anilines is 1. The molecule has 0 aromatic heterocycles. The number of nitriles is 1. The Morgan fingerprint density at radius 1 is 1.03 bits per heavy atom. The van der Waals surface area contributed by atoms with Crippen LogP contribution in [0.15, 0.2) is 65.6 Å². The summed E-state index contributed by atoms with van der Waals surface area (Å²) in [5.41, 5.74) is 0.838.